The summed E-state index contributed by atoms with van der Waals surface area (Å²) in [6.45, 7) is 1.76. The van der Waals surface area contributed by atoms with E-state index in [0.29, 0.717) is 0 Å². The summed E-state index contributed by atoms with van der Waals surface area (Å²) < 4.78 is 0. The molecule has 2 N–H and O–H groups in total. The van der Waals surface area contributed by atoms with E-state index in [2.05, 4.69) is 0 Å². The standard InChI is InChI=1S/C6H12N3O/c7-9(6-10)8-4-2-1-3-5-8/h1-5,7H2. The number of amides is 1. The molecule has 1 heterocycles. The van der Waals surface area contributed by atoms with E-state index in [1.807, 2.05) is 0 Å². The molecule has 0 unspecified atom stereocenters. The molecule has 4 nitrogen and oxygen atoms in total. The van der Waals surface area contributed by atoms with Gasteiger partial charge in [-0.2, -0.15) is 5.12 Å². The van der Waals surface area contributed by atoms with Crippen molar-refractivity contribution in [1.29, 1.82) is 0 Å². The van der Waals surface area contributed by atoms with Crippen molar-refractivity contribution < 1.29 is 4.79 Å². The van der Waals surface area contributed by atoms with Crippen LogP contribution in [0.25, 0.3) is 0 Å². The molecule has 1 fully saturated rings. The maximum Gasteiger partial charge on any atom is 0.343 e. The van der Waals surface area contributed by atoms with Gasteiger partial charge in [0.25, 0.3) is 0 Å². The average molecular weight is 142 g/mol. The smallest absolute Gasteiger partial charge is 0.260 e. The zero-order valence-electron chi connectivity index (χ0n) is 5.92. The van der Waals surface area contributed by atoms with Crippen molar-refractivity contribution in [2.45, 2.75) is 19.3 Å². The molecule has 0 aromatic heterocycles. The average Bonchev–Trinajstić information content (AvgIpc) is 2.05. The first-order chi connectivity index (χ1) is 4.84. The Morgan fingerprint density at radius 1 is 1.30 bits per heavy atom. The highest BCUT2D eigenvalue weighted by Crippen LogP contribution is 2.07. The molecule has 1 rings (SSSR count). The van der Waals surface area contributed by atoms with Crippen LogP contribution in [0.4, 0.5) is 0 Å². The molecule has 1 radical (unpaired) electrons. The lowest BCUT2D eigenvalue weighted by atomic mass is 10.2. The van der Waals surface area contributed by atoms with Gasteiger partial charge >= 0.3 is 6.41 Å². The number of nitrogens with zero attached hydrogens (tertiary/aromatic N) is 2. The molecule has 1 aliphatic rings. The number of hydrogen-bond acceptors (Lipinski definition) is 3. The number of piperidine rings is 1. The Hall–Kier alpha value is -0.610. The van der Waals surface area contributed by atoms with Crippen LogP contribution in [0.2, 0.25) is 0 Å². The Morgan fingerprint density at radius 3 is 2.40 bits per heavy atom. The number of rotatable bonds is 2. The lowest BCUT2D eigenvalue weighted by Gasteiger charge is -2.30. The molecule has 57 valence electrons. The van der Waals surface area contributed by atoms with E-state index in [-0.39, 0.29) is 0 Å². The first-order valence-electron chi connectivity index (χ1n) is 3.52. The minimum atomic E-state index is 0.881. The summed E-state index contributed by atoms with van der Waals surface area (Å²) in [5.74, 6) is 5.28. The Balaban J connectivity index is 2.30. The summed E-state index contributed by atoms with van der Waals surface area (Å²) in [5, 5.41) is 2.82. The highest BCUT2D eigenvalue weighted by molar-refractivity contribution is 5.45. The van der Waals surface area contributed by atoms with Gasteiger partial charge in [-0.25, -0.2) is 10.9 Å². The molecule has 0 aromatic carbocycles. The van der Waals surface area contributed by atoms with E-state index in [1.165, 1.54) is 6.42 Å². The maximum atomic E-state index is 10.0. The number of nitrogens with two attached hydrogens (primary N) is 1. The van der Waals surface area contributed by atoms with Crippen LogP contribution < -0.4 is 5.84 Å². The molecule has 0 atom stereocenters. The van der Waals surface area contributed by atoms with Crippen LogP contribution in [0, 0.1) is 0 Å². The Labute approximate surface area is 60.5 Å². The van der Waals surface area contributed by atoms with Crippen molar-refractivity contribution >= 4 is 6.41 Å². The maximum absolute atomic E-state index is 10.0. The lowest BCUT2D eigenvalue weighted by Crippen LogP contribution is -2.48. The zero-order valence-corrected chi connectivity index (χ0v) is 5.92. The van der Waals surface area contributed by atoms with Gasteiger partial charge in [0, 0.05) is 13.1 Å². The van der Waals surface area contributed by atoms with Gasteiger partial charge in [-0.15, -0.1) is 0 Å². The highest BCUT2D eigenvalue weighted by atomic mass is 16.2. The van der Waals surface area contributed by atoms with Crippen LogP contribution in [-0.2, 0) is 4.79 Å². The fourth-order valence-corrected chi connectivity index (χ4v) is 1.15. The number of hydrogen-bond donors (Lipinski definition) is 1. The van der Waals surface area contributed by atoms with Crippen molar-refractivity contribution in [2.75, 3.05) is 13.1 Å². The molecule has 1 aliphatic heterocycles. The Morgan fingerprint density at radius 2 is 1.90 bits per heavy atom. The summed E-state index contributed by atoms with van der Waals surface area (Å²) in [6, 6.07) is 0. The molecule has 0 aliphatic carbocycles. The van der Waals surface area contributed by atoms with Gasteiger partial charge in [0.15, 0.2) is 0 Å². The van der Waals surface area contributed by atoms with Crippen molar-refractivity contribution in [2.24, 2.45) is 5.84 Å². The molecule has 0 spiro atoms. The molecule has 0 aromatic rings. The third-order valence-corrected chi connectivity index (χ3v) is 1.73. The molecule has 0 saturated carbocycles. The fourth-order valence-electron chi connectivity index (χ4n) is 1.15. The summed E-state index contributed by atoms with van der Waals surface area (Å²) in [7, 11) is 0. The van der Waals surface area contributed by atoms with E-state index < -0.39 is 0 Å². The zero-order chi connectivity index (χ0) is 7.40. The minimum absolute atomic E-state index is 0.881. The van der Waals surface area contributed by atoms with Gasteiger partial charge < -0.3 is 0 Å². The second kappa shape index (κ2) is 3.53. The quantitative estimate of drug-likeness (QED) is 0.248. The second-order valence-electron chi connectivity index (χ2n) is 2.45. The van der Waals surface area contributed by atoms with E-state index >= 15 is 0 Å². The van der Waals surface area contributed by atoms with Gasteiger partial charge in [-0.1, -0.05) is 6.42 Å². The fraction of sp³-hybridized carbons (Fsp3) is 0.833. The lowest BCUT2D eigenvalue weighted by molar-refractivity contribution is 0.0224. The SMILES string of the molecule is NN([C]=O)N1CCCCC1. The Bertz CT molecular complexity index is 112. The third-order valence-electron chi connectivity index (χ3n) is 1.73. The van der Waals surface area contributed by atoms with Crippen molar-refractivity contribution in [3.8, 4) is 0 Å². The van der Waals surface area contributed by atoms with Gasteiger partial charge in [0.1, 0.15) is 0 Å². The van der Waals surface area contributed by atoms with E-state index in [0.717, 1.165) is 31.0 Å². The van der Waals surface area contributed by atoms with Crippen molar-refractivity contribution in [1.82, 2.24) is 10.1 Å². The van der Waals surface area contributed by atoms with Crippen LogP contribution in [-0.4, -0.2) is 29.6 Å². The summed E-state index contributed by atoms with van der Waals surface area (Å²) in [5.41, 5.74) is 0. The second-order valence-corrected chi connectivity index (χ2v) is 2.45. The van der Waals surface area contributed by atoms with Gasteiger partial charge in [-0.05, 0) is 12.8 Å². The molecule has 4 heteroatoms. The summed E-state index contributed by atoms with van der Waals surface area (Å²) in [4.78, 5) is 10.0. The van der Waals surface area contributed by atoms with Gasteiger partial charge in [-0.3, -0.25) is 4.79 Å². The molecule has 1 amide bonds. The number of carbonyl (C=O) groups excluding carboxylic acids is 1. The minimum Gasteiger partial charge on any atom is -0.260 e. The van der Waals surface area contributed by atoms with Crippen LogP contribution in [0.5, 0.6) is 0 Å². The van der Waals surface area contributed by atoms with E-state index in [4.69, 9.17) is 5.84 Å². The molecule has 1 saturated heterocycles. The first kappa shape index (κ1) is 7.50. The van der Waals surface area contributed by atoms with E-state index in [9.17, 15) is 4.79 Å². The molecular weight excluding hydrogens is 130 g/mol. The highest BCUT2D eigenvalue weighted by Gasteiger charge is 2.13. The van der Waals surface area contributed by atoms with Crippen LogP contribution in [0.3, 0.4) is 0 Å². The van der Waals surface area contributed by atoms with E-state index in [1.54, 1.807) is 11.4 Å². The summed E-state index contributed by atoms with van der Waals surface area (Å²) in [6.07, 6.45) is 5.10. The van der Waals surface area contributed by atoms with Crippen LogP contribution in [0.1, 0.15) is 19.3 Å². The van der Waals surface area contributed by atoms with Gasteiger partial charge in [0.05, 0.1) is 0 Å². The first-order valence-corrected chi connectivity index (χ1v) is 3.52. The van der Waals surface area contributed by atoms with Gasteiger partial charge in [0.2, 0.25) is 0 Å². The normalized spacial score (nSPS) is 20.5. The predicted octanol–water partition coefficient (Wildman–Crippen LogP) is -0.370. The van der Waals surface area contributed by atoms with Crippen LogP contribution >= 0.6 is 0 Å². The molecular formula is C6H12N3O. The molecule has 0 bridgehead atoms. The largest absolute Gasteiger partial charge is 0.343 e. The topological polar surface area (TPSA) is 49.6 Å². The Kier molecular flexibility index (Phi) is 2.65. The van der Waals surface area contributed by atoms with Crippen LogP contribution in [0.15, 0.2) is 0 Å². The van der Waals surface area contributed by atoms with Crippen molar-refractivity contribution in [3.05, 3.63) is 0 Å². The summed E-state index contributed by atoms with van der Waals surface area (Å²) >= 11 is 0. The predicted molar refractivity (Wildman–Crippen MR) is 37.1 cm³/mol. The van der Waals surface area contributed by atoms with Crippen molar-refractivity contribution in [3.63, 3.8) is 0 Å². The third kappa shape index (κ3) is 1.68. The number of hydrazine groups is 2. The monoisotopic (exact) mass is 142 g/mol. The molecule has 10 heavy (non-hydrogen) atoms.